The second-order valence-corrected chi connectivity index (χ2v) is 6.23. The van der Waals surface area contributed by atoms with E-state index < -0.39 is 0 Å². The van der Waals surface area contributed by atoms with Crippen molar-refractivity contribution in [3.63, 3.8) is 0 Å². The number of halogens is 1. The number of ketones is 2. The van der Waals surface area contributed by atoms with Crippen LogP contribution < -0.4 is 0 Å². The van der Waals surface area contributed by atoms with Gasteiger partial charge in [-0.1, -0.05) is 60.7 Å². The van der Waals surface area contributed by atoms with E-state index in [0.717, 1.165) is 5.56 Å². The largest absolute Gasteiger partial charge is 0.451 e. The molecule has 0 fully saturated rings. The summed E-state index contributed by atoms with van der Waals surface area (Å²) >= 11 is 3.42. The number of furan rings is 1. The Morgan fingerprint density at radius 1 is 0.750 bits per heavy atom. The maximum absolute atomic E-state index is 12.8. The molecule has 1 aliphatic rings. The molecule has 0 unspecified atom stereocenters. The first-order valence-electron chi connectivity index (χ1n) is 7.40. The smallest absolute Gasteiger partial charge is 0.229 e. The molecule has 0 saturated heterocycles. The van der Waals surface area contributed by atoms with E-state index in [1.807, 2.05) is 48.5 Å². The maximum atomic E-state index is 12.8. The van der Waals surface area contributed by atoms with Gasteiger partial charge in [-0.25, -0.2) is 0 Å². The van der Waals surface area contributed by atoms with E-state index in [1.165, 1.54) is 6.08 Å². The maximum Gasteiger partial charge on any atom is 0.229 e. The van der Waals surface area contributed by atoms with Gasteiger partial charge in [-0.3, -0.25) is 9.59 Å². The molecule has 24 heavy (non-hydrogen) atoms. The predicted molar refractivity (Wildman–Crippen MR) is 94.9 cm³/mol. The van der Waals surface area contributed by atoms with E-state index in [-0.39, 0.29) is 17.3 Å². The number of allylic oxidation sites excluding steroid dienone is 2. The third-order valence-corrected chi connectivity index (χ3v) is 4.70. The van der Waals surface area contributed by atoms with Crippen LogP contribution in [0, 0.1) is 0 Å². The molecule has 4 heteroatoms. The summed E-state index contributed by atoms with van der Waals surface area (Å²) in [5.41, 5.74) is 2.16. The SMILES string of the molecule is O=C1C(c2ccccc2)=CC(=O)c2c1oc(-c1ccccc1)c2Br. The van der Waals surface area contributed by atoms with Crippen molar-refractivity contribution in [2.75, 3.05) is 0 Å². The summed E-state index contributed by atoms with van der Waals surface area (Å²) in [5.74, 6) is 0.0667. The first-order chi connectivity index (χ1) is 11.7. The van der Waals surface area contributed by atoms with Crippen LogP contribution in [0.3, 0.4) is 0 Å². The number of carbonyl (C=O) groups is 2. The van der Waals surface area contributed by atoms with E-state index in [4.69, 9.17) is 4.42 Å². The number of carbonyl (C=O) groups excluding carboxylic acids is 2. The van der Waals surface area contributed by atoms with Crippen LogP contribution in [0.5, 0.6) is 0 Å². The molecule has 0 radical (unpaired) electrons. The van der Waals surface area contributed by atoms with E-state index in [2.05, 4.69) is 15.9 Å². The number of rotatable bonds is 2. The fourth-order valence-electron chi connectivity index (χ4n) is 2.79. The molecule has 0 spiro atoms. The summed E-state index contributed by atoms with van der Waals surface area (Å²) in [7, 11) is 0. The highest BCUT2D eigenvalue weighted by Crippen LogP contribution is 2.40. The normalized spacial score (nSPS) is 13.6. The number of benzene rings is 2. The quantitative estimate of drug-likeness (QED) is 0.617. The molecule has 0 atom stereocenters. The Kier molecular flexibility index (Phi) is 3.54. The van der Waals surface area contributed by atoms with Crippen molar-refractivity contribution in [1.29, 1.82) is 0 Å². The minimum Gasteiger partial charge on any atom is -0.451 e. The Bertz CT molecular complexity index is 982. The second-order valence-electron chi connectivity index (χ2n) is 5.43. The van der Waals surface area contributed by atoms with Gasteiger partial charge in [-0.2, -0.15) is 0 Å². The van der Waals surface area contributed by atoms with Crippen molar-refractivity contribution in [2.45, 2.75) is 0 Å². The van der Waals surface area contributed by atoms with Crippen LogP contribution in [0.2, 0.25) is 0 Å². The molecular formula is C20H11BrO3. The minimum atomic E-state index is -0.279. The van der Waals surface area contributed by atoms with Crippen molar-refractivity contribution in [3.8, 4) is 11.3 Å². The monoisotopic (exact) mass is 378 g/mol. The average Bonchev–Trinajstić information content (AvgIpc) is 2.98. The van der Waals surface area contributed by atoms with Crippen LogP contribution >= 0.6 is 15.9 Å². The molecule has 0 saturated carbocycles. The van der Waals surface area contributed by atoms with Gasteiger partial charge in [0.15, 0.2) is 11.5 Å². The molecule has 0 aliphatic heterocycles. The average molecular weight is 379 g/mol. The topological polar surface area (TPSA) is 47.3 Å². The van der Waals surface area contributed by atoms with Gasteiger partial charge in [0.2, 0.25) is 5.78 Å². The third kappa shape index (κ3) is 2.27. The first kappa shape index (κ1) is 14.8. The molecule has 116 valence electrons. The molecular weight excluding hydrogens is 368 g/mol. The highest BCUT2D eigenvalue weighted by molar-refractivity contribution is 9.10. The standard InChI is InChI=1S/C20H11BrO3/c21-17-16-15(22)11-14(12-7-3-1-4-8-12)18(23)20(16)24-19(17)13-9-5-2-6-10-13/h1-11H. The zero-order valence-corrected chi connectivity index (χ0v) is 14.0. The van der Waals surface area contributed by atoms with Crippen molar-refractivity contribution in [3.05, 3.63) is 88.1 Å². The molecule has 2 aromatic carbocycles. The van der Waals surface area contributed by atoms with E-state index in [1.54, 1.807) is 12.1 Å². The highest BCUT2D eigenvalue weighted by Gasteiger charge is 2.34. The summed E-state index contributed by atoms with van der Waals surface area (Å²) < 4.78 is 6.32. The molecule has 1 aromatic heterocycles. The van der Waals surface area contributed by atoms with Crippen LogP contribution in [0.15, 0.2) is 75.6 Å². The number of hydrogen-bond donors (Lipinski definition) is 0. The van der Waals surface area contributed by atoms with Gasteiger partial charge in [0.05, 0.1) is 10.0 Å². The van der Waals surface area contributed by atoms with Gasteiger partial charge in [0, 0.05) is 11.1 Å². The molecule has 0 amide bonds. The zero-order chi connectivity index (χ0) is 16.7. The van der Waals surface area contributed by atoms with E-state index in [9.17, 15) is 9.59 Å². The molecule has 1 heterocycles. The molecule has 1 aliphatic carbocycles. The zero-order valence-electron chi connectivity index (χ0n) is 12.5. The van der Waals surface area contributed by atoms with Crippen molar-refractivity contribution in [2.24, 2.45) is 0 Å². The van der Waals surface area contributed by atoms with E-state index >= 15 is 0 Å². The lowest BCUT2D eigenvalue weighted by Crippen LogP contribution is -2.14. The van der Waals surface area contributed by atoms with Crippen LogP contribution in [0.25, 0.3) is 16.9 Å². The number of fused-ring (bicyclic) bond motifs is 1. The Balaban J connectivity index is 1.87. The Morgan fingerprint density at radius 2 is 1.33 bits per heavy atom. The van der Waals surface area contributed by atoms with Crippen molar-refractivity contribution in [1.82, 2.24) is 0 Å². The van der Waals surface area contributed by atoms with Crippen LogP contribution in [0.1, 0.15) is 26.5 Å². The lowest BCUT2D eigenvalue weighted by Gasteiger charge is -2.10. The third-order valence-electron chi connectivity index (χ3n) is 3.94. The first-order valence-corrected chi connectivity index (χ1v) is 8.20. The minimum absolute atomic E-state index is 0.0899. The van der Waals surface area contributed by atoms with Crippen molar-refractivity contribution < 1.29 is 14.0 Å². The van der Waals surface area contributed by atoms with Gasteiger partial charge in [-0.05, 0) is 27.6 Å². The highest BCUT2D eigenvalue weighted by atomic mass is 79.9. The molecule has 0 bridgehead atoms. The summed E-state index contributed by atoms with van der Waals surface area (Å²) in [6.07, 6.45) is 1.38. The van der Waals surface area contributed by atoms with E-state index in [0.29, 0.717) is 26.9 Å². The van der Waals surface area contributed by atoms with Crippen LogP contribution in [0.4, 0.5) is 0 Å². The summed E-state index contributed by atoms with van der Waals surface area (Å²) in [5, 5.41) is 0. The van der Waals surface area contributed by atoms with Gasteiger partial charge in [0.1, 0.15) is 5.76 Å². The Hall–Kier alpha value is -2.72. The van der Waals surface area contributed by atoms with Crippen molar-refractivity contribution >= 4 is 33.1 Å². The van der Waals surface area contributed by atoms with Crippen LogP contribution in [-0.4, -0.2) is 11.6 Å². The lowest BCUT2D eigenvalue weighted by atomic mass is 9.91. The fourth-order valence-corrected chi connectivity index (χ4v) is 3.47. The number of hydrogen-bond acceptors (Lipinski definition) is 3. The lowest BCUT2D eigenvalue weighted by molar-refractivity contribution is 0.0984. The molecule has 3 nitrogen and oxygen atoms in total. The summed E-state index contributed by atoms with van der Waals surface area (Å²) in [6, 6.07) is 18.5. The van der Waals surface area contributed by atoms with Gasteiger partial charge in [-0.15, -0.1) is 0 Å². The molecule has 0 N–H and O–H groups in total. The summed E-state index contributed by atoms with van der Waals surface area (Å²) in [6.45, 7) is 0. The fraction of sp³-hybridized carbons (Fsp3) is 0. The predicted octanol–water partition coefficient (Wildman–Crippen LogP) is 5.17. The second kappa shape index (κ2) is 5.73. The van der Waals surface area contributed by atoms with Gasteiger partial charge in [0.25, 0.3) is 0 Å². The van der Waals surface area contributed by atoms with Crippen LogP contribution in [-0.2, 0) is 0 Å². The summed E-state index contributed by atoms with van der Waals surface area (Å²) in [4.78, 5) is 25.4. The Labute approximate surface area is 146 Å². The number of Topliss-reactive ketones (excluding diaryl/α,β-unsaturated/α-hetero) is 1. The van der Waals surface area contributed by atoms with Gasteiger partial charge < -0.3 is 4.42 Å². The molecule has 3 aromatic rings. The Morgan fingerprint density at radius 3 is 1.96 bits per heavy atom. The van der Waals surface area contributed by atoms with Gasteiger partial charge >= 0.3 is 0 Å². The molecule has 4 rings (SSSR count).